The van der Waals surface area contributed by atoms with Gasteiger partial charge in [0.2, 0.25) is 0 Å². The SMILES string of the molecule is C1=CC2=Cc3oc4cccc(-c5nc(-c6ccccc6)nc(-c6ccc7ccc(-c8ccccc8)cc7c6)n5)c4c3[N-]C2C=C1. The van der Waals surface area contributed by atoms with Crippen LogP contribution in [0.4, 0.5) is 5.69 Å². The Bertz CT molecular complexity index is 2350. The summed E-state index contributed by atoms with van der Waals surface area (Å²) in [5.41, 5.74) is 7.76. The number of benzene rings is 5. The number of aromatic nitrogens is 3. The average Bonchev–Trinajstić information content (AvgIpc) is 3.48. The standard InChI is InChI=1S/C40H25N4O/c1-3-10-25(11-4-1)28-20-18-26-19-21-30(23-31(26)22-28)39-42-38(27-12-5-2-6-13-27)43-40(44-39)32-15-9-17-34-36(32)37-35(45-34)24-29-14-7-8-16-33(29)41-37/h1-24,33H/q-1. The van der Waals surface area contributed by atoms with Gasteiger partial charge in [-0.15, -0.1) is 0 Å². The molecule has 2 aromatic heterocycles. The summed E-state index contributed by atoms with van der Waals surface area (Å²) < 4.78 is 6.33. The van der Waals surface area contributed by atoms with Gasteiger partial charge in [-0.25, -0.2) is 15.0 Å². The van der Waals surface area contributed by atoms with E-state index in [9.17, 15) is 0 Å². The minimum atomic E-state index is -0.0384. The van der Waals surface area contributed by atoms with Gasteiger partial charge in [0.15, 0.2) is 17.5 Å². The van der Waals surface area contributed by atoms with Crippen LogP contribution in [0.5, 0.6) is 0 Å². The molecule has 5 aromatic carbocycles. The van der Waals surface area contributed by atoms with Crippen LogP contribution in [0.15, 0.2) is 150 Å². The number of allylic oxidation sites excluding steroid dienone is 2. The Morgan fingerprint density at radius 1 is 0.578 bits per heavy atom. The monoisotopic (exact) mass is 577 g/mol. The molecule has 5 heteroatoms. The zero-order chi connectivity index (χ0) is 29.7. The van der Waals surface area contributed by atoms with E-state index in [1.165, 1.54) is 11.1 Å². The maximum atomic E-state index is 6.33. The summed E-state index contributed by atoms with van der Waals surface area (Å²) in [6.07, 6.45) is 10.3. The summed E-state index contributed by atoms with van der Waals surface area (Å²) in [5.74, 6) is 2.56. The van der Waals surface area contributed by atoms with E-state index in [0.717, 1.165) is 55.5 Å². The van der Waals surface area contributed by atoms with Crippen LogP contribution in [0, 0.1) is 0 Å². The normalized spacial score (nSPS) is 15.0. The highest BCUT2D eigenvalue weighted by Gasteiger charge is 2.20. The fraction of sp³-hybridized carbons (Fsp3) is 0.0250. The third-order valence-corrected chi connectivity index (χ3v) is 8.43. The second-order valence-electron chi connectivity index (χ2n) is 11.3. The molecule has 9 rings (SSSR count). The highest BCUT2D eigenvalue weighted by molar-refractivity contribution is 6.07. The third kappa shape index (κ3) is 4.45. The number of nitrogens with zero attached hydrogens (tertiary/aromatic N) is 4. The molecule has 1 aliphatic heterocycles. The fourth-order valence-electron chi connectivity index (χ4n) is 6.19. The van der Waals surface area contributed by atoms with Gasteiger partial charge in [-0.2, -0.15) is 0 Å². The molecule has 1 unspecified atom stereocenters. The molecule has 1 atom stereocenters. The fourth-order valence-corrected chi connectivity index (χ4v) is 6.19. The van der Waals surface area contributed by atoms with Crippen molar-refractivity contribution in [3.63, 3.8) is 0 Å². The Balaban J connectivity index is 1.23. The molecule has 7 aromatic rings. The quantitative estimate of drug-likeness (QED) is 0.209. The molecule has 0 spiro atoms. The van der Waals surface area contributed by atoms with Crippen LogP contribution >= 0.6 is 0 Å². The van der Waals surface area contributed by atoms with Gasteiger partial charge in [0, 0.05) is 22.1 Å². The molecule has 2 aliphatic rings. The predicted molar refractivity (Wildman–Crippen MR) is 182 cm³/mol. The molecule has 0 fully saturated rings. The lowest BCUT2D eigenvalue weighted by atomic mass is 9.96. The van der Waals surface area contributed by atoms with Crippen molar-refractivity contribution in [3.8, 4) is 45.3 Å². The molecule has 1 aliphatic carbocycles. The van der Waals surface area contributed by atoms with Crippen LogP contribution in [0.2, 0.25) is 0 Å². The second kappa shape index (κ2) is 10.3. The molecule has 0 N–H and O–H groups in total. The average molecular weight is 578 g/mol. The highest BCUT2D eigenvalue weighted by Crippen LogP contribution is 2.48. The molecule has 5 nitrogen and oxygen atoms in total. The lowest BCUT2D eigenvalue weighted by molar-refractivity contribution is 0.603. The van der Waals surface area contributed by atoms with Crippen LogP contribution in [-0.2, 0) is 0 Å². The van der Waals surface area contributed by atoms with Crippen LogP contribution in [0.25, 0.3) is 78.4 Å². The predicted octanol–water partition coefficient (Wildman–Crippen LogP) is 10.3. The minimum Gasteiger partial charge on any atom is -0.671 e. The van der Waals surface area contributed by atoms with Gasteiger partial charge in [0.05, 0.1) is 0 Å². The number of fused-ring (bicyclic) bond motifs is 5. The maximum Gasteiger partial charge on any atom is 0.164 e. The molecule has 0 bridgehead atoms. The van der Waals surface area contributed by atoms with Crippen molar-refractivity contribution < 1.29 is 4.42 Å². The van der Waals surface area contributed by atoms with E-state index in [1.54, 1.807) is 0 Å². The number of furan rings is 1. The van der Waals surface area contributed by atoms with Gasteiger partial charge in [-0.1, -0.05) is 139 Å². The maximum absolute atomic E-state index is 6.33. The van der Waals surface area contributed by atoms with Crippen molar-refractivity contribution in [2.75, 3.05) is 0 Å². The van der Waals surface area contributed by atoms with E-state index in [4.69, 9.17) is 24.7 Å². The van der Waals surface area contributed by atoms with E-state index in [1.807, 2.05) is 66.7 Å². The lowest BCUT2D eigenvalue weighted by Crippen LogP contribution is -2.09. The van der Waals surface area contributed by atoms with Crippen LogP contribution < -0.4 is 0 Å². The van der Waals surface area contributed by atoms with E-state index in [2.05, 4.69) is 78.9 Å². The molecular weight excluding hydrogens is 552 g/mol. The molecule has 0 saturated carbocycles. The molecule has 0 amide bonds. The topological polar surface area (TPSA) is 65.9 Å². The highest BCUT2D eigenvalue weighted by atomic mass is 16.3. The summed E-state index contributed by atoms with van der Waals surface area (Å²) >= 11 is 0. The van der Waals surface area contributed by atoms with Gasteiger partial charge < -0.3 is 9.73 Å². The Kier molecular flexibility index (Phi) is 5.81. The lowest BCUT2D eigenvalue weighted by Gasteiger charge is -2.36. The smallest absolute Gasteiger partial charge is 0.164 e. The molecule has 0 radical (unpaired) electrons. The van der Waals surface area contributed by atoms with Crippen LogP contribution in [-0.4, -0.2) is 21.0 Å². The van der Waals surface area contributed by atoms with Crippen molar-refractivity contribution in [2.24, 2.45) is 0 Å². The van der Waals surface area contributed by atoms with Gasteiger partial charge in [0.25, 0.3) is 0 Å². The molecule has 3 heterocycles. The summed E-state index contributed by atoms with van der Waals surface area (Å²) in [6.45, 7) is 0. The zero-order valence-corrected chi connectivity index (χ0v) is 24.1. The zero-order valence-electron chi connectivity index (χ0n) is 24.1. The second-order valence-corrected chi connectivity index (χ2v) is 11.3. The van der Waals surface area contributed by atoms with Crippen molar-refractivity contribution >= 4 is 33.5 Å². The third-order valence-electron chi connectivity index (χ3n) is 8.43. The Morgan fingerprint density at radius 3 is 2.11 bits per heavy atom. The Labute approximate surface area is 260 Å². The summed E-state index contributed by atoms with van der Waals surface area (Å²) in [7, 11) is 0. The molecular formula is C40H25N4O-. The summed E-state index contributed by atoms with van der Waals surface area (Å²) in [6, 6.07) is 39.4. The van der Waals surface area contributed by atoms with Crippen molar-refractivity contribution in [3.05, 3.63) is 156 Å². The van der Waals surface area contributed by atoms with Gasteiger partial charge in [-0.3, -0.25) is 0 Å². The van der Waals surface area contributed by atoms with E-state index >= 15 is 0 Å². The van der Waals surface area contributed by atoms with Gasteiger partial charge in [0.1, 0.15) is 11.3 Å². The first kappa shape index (κ1) is 25.4. The first-order valence-corrected chi connectivity index (χ1v) is 15.0. The Hall–Kier alpha value is -6.07. The van der Waals surface area contributed by atoms with Crippen LogP contribution in [0.3, 0.4) is 0 Å². The largest absolute Gasteiger partial charge is 0.671 e. The summed E-state index contributed by atoms with van der Waals surface area (Å²) in [5, 5.41) is 8.29. The Morgan fingerprint density at radius 2 is 1.29 bits per heavy atom. The van der Waals surface area contributed by atoms with E-state index in [0.29, 0.717) is 17.5 Å². The van der Waals surface area contributed by atoms with E-state index in [-0.39, 0.29) is 6.04 Å². The first-order chi connectivity index (χ1) is 22.3. The van der Waals surface area contributed by atoms with E-state index < -0.39 is 0 Å². The minimum absolute atomic E-state index is 0.0384. The van der Waals surface area contributed by atoms with Crippen molar-refractivity contribution in [1.82, 2.24) is 15.0 Å². The number of rotatable bonds is 4. The first-order valence-electron chi connectivity index (χ1n) is 15.0. The summed E-state index contributed by atoms with van der Waals surface area (Å²) in [4.78, 5) is 15.1. The number of hydrogen-bond donors (Lipinski definition) is 0. The van der Waals surface area contributed by atoms with Crippen molar-refractivity contribution in [2.45, 2.75) is 6.04 Å². The van der Waals surface area contributed by atoms with Crippen LogP contribution in [0.1, 0.15) is 5.76 Å². The molecule has 212 valence electrons. The van der Waals surface area contributed by atoms with Gasteiger partial charge in [-0.05, 0) is 46.2 Å². The number of hydrogen-bond acceptors (Lipinski definition) is 4. The molecule has 0 saturated heterocycles. The van der Waals surface area contributed by atoms with Gasteiger partial charge >= 0.3 is 0 Å². The van der Waals surface area contributed by atoms with Crippen molar-refractivity contribution in [1.29, 1.82) is 0 Å². The molecule has 45 heavy (non-hydrogen) atoms.